The van der Waals surface area contributed by atoms with E-state index < -0.39 is 5.97 Å². The second kappa shape index (κ2) is 8.82. The molecule has 0 radical (unpaired) electrons. The SMILES string of the molecule is CC(C)C[C@H](NC(=O)COC(=O)c1cc[n+]([O-])cc1)c1ccccc1. The lowest BCUT2D eigenvalue weighted by atomic mass is 9.97. The van der Waals surface area contributed by atoms with Gasteiger partial charge in [-0.2, -0.15) is 4.73 Å². The highest BCUT2D eigenvalue weighted by Crippen LogP contribution is 2.20. The first-order valence-electron chi connectivity index (χ1n) is 8.16. The minimum Gasteiger partial charge on any atom is -0.619 e. The molecule has 25 heavy (non-hydrogen) atoms. The van der Waals surface area contributed by atoms with Crippen LogP contribution in [0.5, 0.6) is 0 Å². The van der Waals surface area contributed by atoms with Gasteiger partial charge in [-0.1, -0.05) is 44.2 Å². The van der Waals surface area contributed by atoms with Crippen molar-refractivity contribution in [2.24, 2.45) is 5.92 Å². The molecular formula is C19H22N2O4. The smallest absolute Gasteiger partial charge is 0.339 e. The molecule has 6 heteroatoms. The molecule has 1 aromatic heterocycles. The normalized spacial score (nSPS) is 11.8. The second-order valence-electron chi connectivity index (χ2n) is 6.18. The summed E-state index contributed by atoms with van der Waals surface area (Å²) in [5.41, 5.74) is 1.24. The Bertz CT molecular complexity index is 699. The third kappa shape index (κ3) is 5.91. The van der Waals surface area contributed by atoms with Gasteiger partial charge in [0.25, 0.3) is 5.91 Å². The molecule has 1 N–H and O–H groups in total. The summed E-state index contributed by atoms with van der Waals surface area (Å²) in [6, 6.07) is 12.2. The standard InChI is InChI=1S/C19H22N2O4/c1-14(2)12-17(15-6-4-3-5-7-15)20-18(22)13-25-19(23)16-8-10-21(24)11-9-16/h3-11,14,17H,12-13H2,1-2H3,(H,20,22)/t17-/m0/s1. The predicted octanol–water partition coefficient (Wildman–Crippen LogP) is 2.38. The van der Waals surface area contributed by atoms with E-state index in [0.717, 1.165) is 12.0 Å². The number of carbonyl (C=O) groups excluding carboxylic acids is 2. The van der Waals surface area contributed by atoms with Gasteiger partial charge in [0.15, 0.2) is 19.0 Å². The van der Waals surface area contributed by atoms with E-state index >= 15 is 0 Å². The molecule has 1 atom stereocenters. The van der Waals surface area contributed by atoms with Crippen molar-refractivity contribution < 1.29 is 19.1 Å². The molecule has 0 spiro atoms. The van der Waals surface area contributed by atoms with Gasteiger partial charge in [-0.25, -0.2) is 4.79 Å². The second-order valence-corrected chi connectivity index (χ2v) is 6.18. The fourth-order valence-electron chi connectivity index (χ4n) is 2.43. The zero-order valence-electron chi connectivity index (χ0n) is 14.3. The maximum absolute atomic E-state index is 12.2. The van der Waals surface area contributed by atoms with Gasteiger partial charge in [0.2, 0.25) is 0 Å². The lowest BCUT2D eigenvalue weighted by Crippen LogP contribution is -2.33. The Morgan fingerprint density at radius 3 is 2.36 bits per heavy atom. The number of esters is 1. The van der Waals surface area contributed by atoms with Crippen LogP contribution in [-0.2, 0) is 9.53 Å². The highest BCUT2D eigenvalue weighted by Gasteiger charge is 2.17. The number of aromatic nitrogens is 1. The minimum absolute atomic E-state index is 0.136. The van der Waals surface area contributed by atoms with Crippen LogP contribution in [0, 0.1) is 11.1 Å². The summed E-state index contributed by atoms with van der Waals surface area (Å²) in [5.74, 6) is -0.607. The number of benzene rings is 1. The van der Waals surface area contributed by atoms with Crippen molar-refractivity contribution in [3.63, 3.8) is 0 Å². The van der Waals surface area contributed by atoms with Crippen molar-refractivity contribution >= 4 is 11.9 Å². The van der Waals surface area contributed by atoms with Crippen LogP contribution in [0.4, 0.5) is 0 Å². The van der Waals surface area contributed by atoms with Crippen molar-refractivity contribution in [3.05, 3.63) is 71.2 Å². The molecule has 0 aliphatic carbocycles. The molecule has 1 aromatic carbocycles. The monoisotopic (exact) mass is 342 g/mol. The fourth-order valence-corrected chi connectivity index (χ4v) is 2.43. The van der Waals surface area contributed by atoms with Gasteiger partial charge in [-0.05, 0) is 17.9 Å². The number of nitrogens with zero attached hydrogens (tertiary/aromatic N) is 1. The van der Waals surface area contributed by atoms with E-state index in [9.17, 15) is 14.8 Å². The van der Waals surface area contributed by atoms with E-state index in [2.05, 4.69) is 19.2 Å². The number of hydrogen-bond donors (Lipinski definition) is 1. The van der Waals surface area contributed by atoms with Crippen LogP contribution in [0.2, 0.25) is 0 Å². The molecule has 0 aliphatic rings. The predicted molar refractivity (Wildman–Crippen MR) is 92.5 cm³/mol. The summed E-state index contributed by atoms with van der Waals surface area (Å²) >= 11 is 0. The lowest BCUT2D eigenvalue weighted by molar-refractivity contribution is -0.605. The summed E-state index contributed by atoms with van der Waals surface area (Å²) < 4.78 is 5.58. The van der Waals surface area contributed by atoms with Crippen LogP contribution in [-0.4, -0.2) is 18.5 Å². The number of amides is 1. The number of hydrogen-bond acceptors (Lipinski definition) is 4. The molecule has 0 fully saturated rings. The quantitative estimate of drug-likeness (QED) is 0.476. The third-order valence-electron chi connectivity index (χ3n) is 3.62. The molecule has 132 valence electrons. The maximum atomic E-state index is 12.2. The van der Waals surface area contributed by atoms with Crippen molar-refractivity contribution in [1.29, 1.82) is 0 Å². The van der Waals surface area contributed by atoms with Crippen LogP contribution < -0.4 is 10.0 Å². The molecule has 0 aliphatic heterocycles. The highest BCUT2D eigenvalue weighted by molar-refractivity contribution is 5.91. The summed E-state index contributed by atoms with van der Waals surface area (Å²) in [6.45, 7) is 3.80. The molecule has 0 saturated carbocycles. The van der Waals surface area contributed by atoms with Gasteiger partial charge in [0.05, 0.1) is 11.6 Å². The Morgan fingerprint density at radius 2 is 1.76 bits per heavy atom. The van der Waals surface area contributed by atoms with Crippen LogP contribution >= 0.6 is 0 Å². The number of ether oxygens (including phenoxy) is 1. The summed E-state index contributed by atoms with van der Waals surface area (Å²) in [5, 5.41) is 13.9. The molecule has 0 bridgehead atoms. The highest BCUT2D eigenvalue weighted by atomic mass is 16.5. The number of pyridine rings is 1. The van der Waals surface area contributed by atoms with Gasteiger partial charge in [0.1, 0.15) is 0 Å². The van der Waals surface area contributed by atoms with E-state index in [1.54, 1.807) is 0 Å². The first-order chi connectivity index (χ1) is 12.0. The molecular weight excluding hydrogens is 320 g/mol. The van der Waals surface area contributed by atoms with Gasteiger partial charge in [0, 0.05) is 12.1 Å². The fraction of sp³-hybridized carbons (Fsp3) is 0.316. The lowest BCUT2D eigenvalue weighted by Gasteiger charge is -2.21. The Balaban J connectivity index is 1.92. The molecule has 6 nitrogen and oxygen atoms in total. The average Bonchev–Trinajstić information content (AvgIpc) is 2.60. The van der Waals surface area contributed by atoms with Gasteiger partial charge < -0.3 is 15.3 Å². The van der Waals surface area contributed by atoms with Crippen molar-refractivity contribution in [3.8, 4) is 0 Å². The summed E-state index contributed by atoms with van der Waals surface area (Å²) in [4.78, 5) is 24.0. The van der Waals surface area contributed by atoms with Crippen LogP contribution in [0.15, 0.2) is 54.9 Å². The summed E-state index contributed by atoms with van der Waals surface area (Å²) in [6.07, 6.45) is 3.18. The van der Waals surface area contributed by atoms with Gasteiger partial charge >= 0.3 is 5.97 Å². The van der Waals surface area contributed by atoms with Crippen molar-refractivity contribution in [2.75, 3.05) is 6.61 Å². The van der Waals surface area contributed by atoms with E-state index in [0.29, 0.717) is 10.6 Å². The zero-order valence-corrected chi connectivity index (χ0v) is 14.3. The van der Waals surface area contributed by atoms with Gasteiger partial charge in [-0.3, -0.25) is 4.79 Å². The molecule has 1 heterocycles. The number of carbonyl (C=O) groups is 2. The Hall–Kier alpha value is -2.89. The first kappa shape index (κ1) is 18.4. The maximum Gasteiger partial charge on any atom is 0.339 e. The number of rotatable bonds is 7. The molecule has 0 unspecified atom stereocenters. The van der Waals surface area contributed by atoms with Crippen LogP contribution in [0.3, 0.4) is 0 Å². The van der Waals surface area contributed by atoms with Gasteiger partial charge in [-0.15, -0.1) is 0 Å². The number of nitrogens with one attached hydrogen (secondary N) is 1. The minimum atomic E-state index is -0.643. The Labute approximate surface area is 147 Å². The first-order valence-corrected chi connectivity index (χ1v) is 8.16. The van der Waals surface area contributed by atoms with Crippen LogP contribution in [0.25, 0.3) is 0 Å². The van der Waals surface area contributed by atoms with Crippen molar-refractivity contribution in [1.82, 2.24) is 5.32 Å². The van der Waals surface area contributed by atoms with Crippen LogP contribution in [0.1, 0.15) is 42.2 Å². The third-order valence-corrected chi connectivity index (χ3v) is 3.62. The molecule has 2 aromatic rings. The molecule has 1 amide bonds. The van der Waals surface area contributed by atoms with E-state index in [1.807, 2.05) is 30.3 Å². The summed E-state index contributed by atoms with van der Waals surface area (Å²) in [7, 11) is 0. The zero-order chi connectivity index (χ0) is 18.2. The Kier molecular flexibility index (Phi) is 6.51. The largest absolute Gasteiger partial charge is 0.619 e. The molecule has 2 rings (SSSR count). The molecule has 0 saturated heterocycles. The van der Waals surface area contributed by atoms with Crippen molar-refractivity contribution in [2.45, 2.75) is 26.3 Å². The average molecular weight is 342 g/mol. The Morgan fingerprint density at radius 1 is 1.12 bits per heavy atom. The van der Waals surface area contributed by atoms with E-state index in [4.69, 9.17) is 4.74 Å². The van der Waals surface area contributed by atoms with E-state index in [-0.39, 0.29) is 24.1 Å². The topological polar surface area (TPSA) is 82.3 Å². The van der Waals surface area contributed by atoms with E-state index in [1.165, 1.54) is 24.5 Å².